The van der Waals surface area contributed by atoms with E-state index >= 15 is 0 Å². The van der Waals surface area contributed by atoms with E-state index in [2.05, 4.69) is 5.32 Å². The van der Waals surface area contributed by atoms with E-state index < -0.39 is 11.6 Å². The Kier molecular flexibility index (Phi) is 3.85. The van der Waals surface area contributed by atoms with E-state index in [0.29, 0.717) is 39.9 Å². The van der Waals surface area contributed by atoms with Gasteiger partial charge in [0.15, 0.2) is 5.54 Å². The number of fused-ring (bicyclic) bond motifs is 2. The van der Waals surface area contributed by atoms with Crippen LogP contribution in [-0.2, 0) is 16.9 Å². The van der Waals surface area contributed by atoms with Crippen LogP contribution in [0.5, 0.6) is 5.75 Å². The maximum atomic E-state index is 13.2. The van der Waals surface area contributed by atoms with E-state index in [4.69, 9.17) is 27.9 Å². The van der Waals surface area contributed by atoms with Crippen molar-refractivity contribution in [2.45, 2.75) is 18.5 Å². The Morgan fingerprint density at radius 2 is 1.80 bits per heavy atom. The van der Waals surface area contributed by atoms with Gasteiger partial charge >= 0.3 is 6.03 Å². The monoisotopic (exact) mass is 376 g/mol. The van der Waals surface area contributed by atoms with Gasteiger partial charge in [-0.15, -0.1) is 0 Å². The molecule has 1 N–H and O–H groups in total. The molecule has 0 saturated carbocycles. The highest BCUT2D eigenvalue weighted by molar-refractivity contribution is 6.36. The lowest BCUT2D eigenvalue weighted by Gasteiger charge is -2.33. The number of ether oxygens (including phenoxy) is 1. The Morgan fingerprint density at radius 1 is 1.08 bits per heavy atom. The fraction of sp³-hybridized carbons (Fsp3) is 0.222. The Balaban J connectivity index is 1.73. The number of urea groups is 1. The summed E-state index contributed by atoms with van der Waals surface area (Å²) in [6.07, 6.45) is 0.376. The highest BCUT2D eigenvalue weighted by Gasteiger charge is 2.54. The predicted molar refractivity (Wildman–Crippen MR) is 93.8 cm³/mol. The lowest BCUT2D eigenvalue weighted by atomic mass is 9.84. The van der Waals surface area contributed by atoms with Crippen LogP contribution in [-0.4, -0.2) is 23.4 Å². The predicted octanol–water partition coefficient (Wildman–Crippen LogP) is 3.72. The minimum absolute atomic E-state index is 0.0218. The number of amides is 3. The lowest BCUT2D eigenvalue weighted by molar-refractivity contribution is -0.133. The number of halogens is 2. The summed E-state index contributed by atoms with van der Waals surface area (Å²) < 4.78 is 5.62. The van der Waals surface area contributed by atoms with Gasteiger partial charge in [-0.25, -0.2) is 4.79 Å². The average molecular weight is 377 g/mol. The maximum absolute atomic E-state index is 13.2. The largest absolute Gasteiger partial charge is 0.493 e. The van der Waals surface area contributed by atoms with E-state index in [1.807, 2.05) is 12.1 Å². The highest BCUT2D eigenvalue weighted by Crippen LogP contribution is 2.41. The van der Waals surface area contributed by atoms with Gasteiger partial charge in [-0.05, 0) is 18.2 Å². The molecule has 0 aromatic heterocycles. The molecule has 25 heavy (non-hydrogen) atoms. The van der Waals surface area contributed by atoms with Crippen molar-refractivity contribution in [1.29, 1.82) is 0 Å². The molecular formula is C18H14Cl2N2O3. The quantitative estimate of drug-likeness (QED) is 0.812. The van der Waals surface area contributed by atoms with Gasteiger partial charge in [0.1, 0.15) is 5.75 Å². The summed E-state index contributed by atoms with van der Waals surface area (Å²) in [5.41, 5.74) is 0.124. The fourth-order valence-electron chi connectivity index (χ4n) is 3.36. The highest BCUT2D eigenvalue weighted by atomic mass is 35.5. The van der Waals surface area contributed by atoms with Crippen LogP contribution in [0.1, 0.15) is 17.5 Å². The van der Waals surface area contributed by atoms with Crippen molar-refractivity contribution < 1.29 is 14.3 Å². The molecule has 0 aliphatic carbocycles. The number of benzene rings is 2. The molecule has 2 aliphatic heterocycles. The number of hydrogen-bond donors (Lipinski definition) is 1. The Morgan fingerprint density at radius 3 is 2.56 bits per heavy atom. The van der Waals surface area contributed by atoms with Crippen molar-refractivity contribution in [2.24, 2.45) is 0 Å². The number of nitrogens with zero attached hydrogens (tertiary/aromatic N) is 1. The van der Waals surface area contributed by atoms with E-state index in [-0.39, 0.29) is 12.5 Å². The van der Waals surface area contributed by atoms with E-state index in [1.165, 1.54) is 0 Å². The summed E-state index contributed by atoms with van der Waals surface area (Å²) in [6.45, 7) is 0.373. The van der Waals surface area contributed by atoms with Crippen molar-refractivity contribution in [3.63, 3.8) is 0 Å². The number of carbonyl (C=O) groups is 2. The zero-order valence-corrected chi connectivity index (χ0v) is 14.6. The van der Waals surface area contributed by atoms with Crippen LogP contribution < -0.4 is 10.1 Å². The molecule has 2 aliphatic rings. The first kappa shape index (κ1) is 16.2. The minimum Gasteiger partial charge on any atom is -0.493 e. The van der Waals surface area contributed by atoms with Gasteiger partial charge in [0.05, 0.1) is 13.2 Å². The lowest BCUT2D eigenvalue weighted by Crippen LogP contribution is -2.47. The number of nitrogens with one attached hydrogen (secondary N) is 1. The molecule has 2 aromatic rings. The minimum atomic E-state index is -1.10. The molecule has 0 radical (unpaired) electrons. The van der Waals surface area contributed by atoms with Crippen molar-refractivity contribution >= 4 is 35.1 Å². The number of rotatable bonds is 2. The molecule has 1 saturated heterocycles. The van der Waals surface area contributed by atoms with Gasteiger partial charge < -0.3 is 10.1 Å². The van der Waals surface area contributed by atoms with E-state index in [1.54, 1.807) is 30.3 Å². The van der Waals surface area contributed by atoms with Crippen LogP contribution in [0, 0.1) is 0 Å². The van der Waals surface area contributed by atoms with Crippen molar-refractivity contribution in [3.8, 4) is 5.75 Å². The van der Waals surface area contributed by atoms with Crippen LogP contribution in [0.4, 0.5) is 4.79 Å². The van der Waals surface area contributed by atoms with Gasteiger partial charge in [-0.2, -0.15) is 0 Å². The zero-order valence-electron chi connectivity index (χ0n) is 13.1. The molecule has 5 nitrogen and oxygen atoms in total. The SMILES string of the molecule is O=C1N[C@@]2(CCOc3ccccc32)C(=O)N1Cc1c(Cl)cccc1Cl. The average Bonchev–Trinajstić information content (AvgIpc) is 2.83. The van der Waals surface area contributed by atoms with Crippen molar-refractivity contribution in [2.75, 3.05) is 6.61 Å². The molecule has 7 heteroatoms. The van der Waals surface area contributed by atoms with Crippen LogP contribution in [0.3, 0.4) is 0 Å². The summed E-state index contributed by atoms with van der Waals surface area (Å²) in [5.74, 6) is 0.296. The number of para-hydroxylation sites is 1. The van der Waals surface area contributed by atoms with E-state index in [9.17, 15) is 9.59 Å². The van der Waals surface area contributed by atoms with Crippen molar-refractivity contribution in [1.82, 2.24) is 10.2 Å². The number of imide groups is 1. The Hall–Kier alpha value is -2.24. The van der Waals surface area contributed by atoms with Gasteiger partial charge in [0, 0.05) is 27.6 Å². The third-order valence-electron chi connectivity index (χ3n) is 4.64. The zero-order chi connectivity index (χ0) is 17.6. The molecule has 1 fully saturated rings. The standard InChI is InChI=1S/C18H14Cl2N2O3/c19-13-5-3-6-14(20)11(13)10-22-16(23)18(21-17(22)24)8-9-25-15-7-2-1-4-12(15)18/h1-7H,8-10H2,(H,21,24)/t18-/m1/s1. The molecule has 1 atom stereocenters. The molecular weight excluding hydrogens is 363 g/mol. The van der Waals surface area contributed by atoms with Crippen LogP contribution >= 0.6 is 23.2 Å². The van der Waals surface area contributed by atoms with Crippen LogP contribution in [0.25, 0.3) is 0 Å². The number of hydrogen-bond acceptors (Lipinski definition) is 3. The molecule has 4 rings (SSSR count). The smallest absolute Gasteiger partial charge is 0.325 e. The topological polar surface area (TPSA) is 58.6 Å². The second-order valence-electron chi connectivity index (χ2n) is 6.02. The molecule has 3 amide bonds. The molecule has 0 unspecified atom stereocenters. The third kappa shape index (κ3) is 2.46. The summed E-state index contributed by atoms with van der Waals surface area (Å²) >= 11 is 12.4. The summed E-state index contributed by atoms with van der Waals surface area (Å²) in [6, 6.07) is 11.9. The Bertz CT molecular complexity index is 866. The first-order chi connectivity index (χ1) is 12.0. The van der Waals surface area contributed by atoms with Crippen LogP contribution in [0.15, 0.2) is 42.5 Å². The molecule has 1 spiro atoms. The molecule has 2 aromatic carbocycles. The second kappa shape index (κ2) is 5.93. The Labute approximate surface area is 154 Å². The fourth-order valence-corrected chi connectivity index (χ4v) is 3.87. The first-order valence-electron chi connectivity index (χ1n) is 7.82. The summed E-state index contributed by atoms with van der Waals surface area (Å²) in [7, 11) is 0. The maximum Gasteiger partial charge on any atom is 0.325 e. The summed E-state index contributed by atoms with van der Waals surface area (Å²) in [4.78, 5) is 26.9. The van der Waals surface area contributed by atoms with Crippen LogP contribution in [0.2, 0.25) is 10.0 Å². The summed E-state index contributed by atoms with van der Waals surface area (Å²) in [5, 5.41) is 3.69. The van der Waals surface area contributed by atoms with Crippen molar-refractivity contribution in [3.05, 3.63) is 63.6 Å². The van der Waals surface area contributed by atoms with Gasteiger partial charge in [-0.1, -0.05) is 47.5 Å². The molecule has 128 valence electrons. The second-order valence-corrected chi connectivity index (χ2v) is 6.84. The normalized spacial score (nSPS) is 21.9. The molecule has 2 heterocycles. The van der Waals surface area contributed by atoms with Gasteiger partial charge in [0.2, 0.25) is 0 Å². The molecule has 0 bridgehead atoms. The van der Waals surface area contributed by atoms with Gasteiger partial charge in [0.25, 0.3) is 5.91 Å². The van der Waals surface area contributed by atoms with Gasteiger partial charge in [-0.3, -0.25) is 9.69 Å². The first-order valence-corrected chi connectivity index (χ1v) is 8.58. The third-order valence-corrected chi connectivity index (χ3v) is 5.34. The number of carbonyl (C=O) groups excluding carboxylic acids is 2. The van der Waals surface area contributed by atoms with E-state index in [0.717, 1.165) is 4.90 Å².